The summed E-state index contributed by atoms with van der Waals surface area (Å²) in [6.07, 6.45) is 1.49. The number of aryl methyl sites for hydroxylation is 1. The van der Waals surface area contributed by atoms with Crippen molar-refractivity contribution in [3.8, 4) is 11.3 Å². The Morgan fingerprint density at radius 1 is 1.12 bits per heavy atom. The van der Waals surface area contributed by atoms with Gasteiger partial charge in [0, 0.05) is 37.6 Å². The average molecular weight is 467 g/mol. The highest BCUT2D eigenvalue weighted by molar-refractivity contribution is 5.97. The summed E-state index contributed by atoms with van der Waals surface area (Å²) in [4.78, 5) is 25.7. The molecule has 34 heavy (non-hydrogen) atoms. The first-order valence-corrected chi connectivity index (χ1v) is 11.3. The summed E-state index contributed by atoms with van der Waals surface area (Å²) in [6.45, 7) is 2.05. The van der Waals surface area contributed by atoms with Crippen molar-refractivity contribution in [3.05, 3.63) is 72.1 Å². The minimum Gasteiger partial charge on any atom is -0.366 e. The van der Waals surface area contributed by atoms with Gasteiger partial charge in [-0.2, -0.15) is 13.2 Å². The van der Waals surface area contributed by atoms with Crippen molar-refractivity contribution in [2.45, 2.75) is 31.5 Å². The largest absolute Gasteiger partial charge is 0.416 e. The van der Waals surface area contributed by atoms with Crippen LogP contribution in [0, 0.1) is 0 Å². The van der Waals surface area contributed by atoms with Gasteiger partial charge in [-0.25, -0.2) is 9.78 Å². The van der Waals surface area contributed by atoms with Gasteiger partial charge in [0.15, 0.2) is 5.82 Å². The number of alkyl halides is 3. The molecule has 0 radical (unpaired) electrons. The van der Waals surface area contributed by atoms with Crippen LogP contribution in [0.5, 0.6) is 0 Å². The van der Waals surface area contributed by atoms with Crippen LogP contribution in [-0.2, 0) is 12.6 Å². The number of carbonyl (C=O) groups excluding carboxylic acids is 1. The SMILES string of the molecule is O=C(NCCCc1ccncc1)N1c2nc(-c3cccc(C(F)(F)F)c3)ccc2N2CC[C@H]1C2. The number of benzene rings is 1. The molecule has 1 N–H and O–H groups in total. The van der Waals surface area contributed by atoms with E-state index in [0.717, 1.165) is 55.7 Å². The normalized spacial score (nSPS) is 17.0. The quantitative estimate of drug-likeness (QED) is 0.542. The molecule has 9 heteroatoms. The molecule has 2 aliphatic heterocycles. The van der Waals surface area contributed by atoms with Crippen LogP contribution >= 0.6 is 0 Å². The molecule has 5 rings (SSSR count). The highest BCUT2D eigenvalue weighted by Crippen LogP contribution is 2.40. The van der Waals surface area contributed by atoms with Gasteiger partial charge >= 0.3 is 12.2 Å². The number of hydrogen-bond donors (Lipinski definition) is 1. The molecular weight excluding hydrogens is 443 g/mol. The fourth-order valence-electron chi connectivity index (χ4n) is 4.61. The van der Waals surface area contributed by atoms with Crippen LogP contribution < -0.4 is 15.1 Å². The van der Waals surface area contributed by atoms with E-state index in [2.05, 4.69) is 20.2 Å². The molecule has 1 fully saturated rings. The topological polar surface area (TPSA) is 61.4 Å². The zero-order chi connectivity index (χ0) is 23.7. The number of halogens is 3. The Hall–Kier alpha value is -3.62. The predicted molar refractivity (Wildman–Crippen MR) is 124 cm³/mol. The summed E-state index contributed by atoms with van der Waals surface area (Å²) >= 11 is 0. The van der Waals surface area contributed by atoms with Gasteiger partial charge in [-0.1, -0.05) is 12.1 Å². The summed E-state index contributed by atoms with van der Waals surface area (Å²) in [5.74, 6) is 0.496. The maximum absolute atomic E-state index is 13.2. The lowest BCUT2D eigenvalue weighted by molar-refractivity contribution is -0.137. The van der Waals surface area contributed by atoms with Crippen molar-refractivity contribution in [2.24, 2.45) is 0 Å². The number of aromatic nitrogens is 2. The van der Waals surface area contributed by atoms with Gasteiger partial charge < -0.3 is 10.2 Å². The van der Waals surface area contributed by atoms with Gasteiger partial charge in [0.1, 0.15) is 0 Å². The second-order valence-corrected chi connectivity index (χ2v) is 8.57. The lowest BCUT2D eigenvalue weighted by atomic mass is 10.1. The third kappa shape index (κ3) is 4.42. The molecule has 176 valence electrons. The number of fused-ring (bicyclic) bond motifs is 4. The Morgan fingerprint density at radius 3 is 2.74 bits per heavy atom. The predicted octanol–water partition coefficient (Wildman–Crippen LogP) is 4.90. The Morgan fingerprint density at radius 2 is 1.94 bits per heavy atom. The summed E-state index contributed by atoms with van der Waals surface area (Å²) in [7, 11) is 0. The number of nitrogens with zero attached hydrogens (tertiary/aromatic N) is 4. The number of hydrogen-bond acceptors (Lipinski definition) is 4. The molecule has 0 unspecified atom stereocenters. The lowest BCUT2D eigenvalue weighted by Gasteiger charge is -2.36. The third-order valence-corrected chi connectivity index (χ3v) is 6.32. The van der Waals surface area contributed by atoms with Gasteiger partial charge in [0.05, 0.1) is 23.0 Å². The average Bonchev–Trinajstić information content (AvgIpc) is 3.26. The standard InChI is InChI=1S/C25H24F3N5O/c26-25(27,28)19-5-1-4-18(15-19)21-6-7-22-23(31-21)33(20-10-14-32(22)16-20)24(34)30-11-2-3-17-8-12-29-13-9-17/h1,4-9,12-13,15,20H,2-3,10-11,14,16H2,(H,30,34)/t20-/m0/s1. The Labute approximate surface area is 195 Å². The molecule has 1 atom stereocenters. The zero-order valence-corrected chi connectivity index (χ0v) is 18.4. The number of nitrogens with one attached hydrogen (secondary N) is 1. The molecule has 2 aromatic heterocycles. The fraction of sp³-hybridized carbons (Fsp3) is 0.320. The van der Waals surface area contributed by atoms with Crippen LogP contribution in [0.15, 0.2) is 60.9 Å². The molecule has 2 bridgehead atoms. The molecule has 0 spiro atoms. The van der Waals surface area contributed by atoms with E-state index in [9.17, 15) is 18.0 Å². The van der Waals surface area contributed by atoms with Gasteiger partial charge in [0.2, 0.25) is 0 Å². The highest BCUT2D eigenvalue weighted by atomic mass is 19.4. The highest BCUT2D eigenvalue weighted by Gasteiger charge is 2.40. The first-order valence-electron chi connectivity index (χ1n) is 11.3. The number of anilines is 2. The van der Waals surface area contributed by atoms with E-state index in [1.807, 2.05) is 18.2 Å². The molecule has 6 nitrogen and oxygen atoms in total. The van der Waals surface area contributed by atoms with Crippen molar-refractivity contribution in [2.75, 3.05) is 29.4 Å². The van der Waals surface area contributed by atoms with Crippen molar-refractivity contribution in [3.63, 3.8) is 0 Å². The van der Waals surface area contributed by atoms with Gasteiger partial charge in [-0.3, -0.25) is 9.88 Å². The maximum Gasteiger partial charge on any atom is 0.416 e. The van der Waals surface area contributed by atoms with Crippen molar-refractivity contribution < 1.29 is 18.0 Å². The molecule has 0 aliphatic carbocycles. The maximum atomic E-state index is 13.2. The van der Waals surface area contributed by atoms with E-state index in [1.165, 1.54) is 6.07 Å². The second-order valence-electron chi connectivity index (χ2n) is 8.57. The smallest absolute Gasteiger partial charge is 0.366 e. The molecule has 2 aliphatic rings. The van der Waals surface area contributed by atoms with Crippen LogP contribution in [0.25, 0.3) is 11.3 Å². The lowest BCUT2D eigenvalue weighted by Crippen LogP contribution is -2.51. The first kappa shape index (κ1) is 22.2. The Bertz CT molecular complexity index is 1180. The van der Waals surface area contributed by atoms with E-state index < -0.39 is 11.7 Å². The van der Waals surface area contributed by atoms with Crippen molar-refractivity contribution in [1.82, 2.24) is 15.3 Å². The first-order chi connectivity index (χ1) is 16.4. The van der Waals surface area contributed by atoms with Gasteiger partial charge in [-0.05, 0) is 61.2 Å². The van der Waals surface area contributed by atoms with Crippen LogP contribution in [-0.4, -0.2) is 41.7 Å². The summed E-state index contributed by atoms with van der Waals surface area (Å²) < 4.78 is 39.6. The van der Waals surface area contributed by atoms with Crippen LogP contribution in [0.3, 0.4) is 0 Å². The van der Waals surface area contributed by atoms with Crippen molar-refractivity contribution >= 4 is 17.5 Å². The molecule has 3 aromatic rings. The Balaban J connectivity index is 1.36. The zero-order valence-electron chi connectivity index (χ0n) is 18.4. The molecule has 1 aromatic carbocycles. The van der Waals surface area contributed by atoms with E-state index in [4.69, 9.17) is 0 Å². The second kappa shape index (κ2) is 8.96. The van der Waals surface area contributed by atoms with Gasteiger partial charge in [0.25, 0.3) is 0 Å². The summed E-state index contributed by atoms with van der Waals surface area (Å²) in [5, 5.41) is 3.00. The molecule has 1 saturated heterocycles. The van der Waals surface area contributed by atoms with Gasteiger partial charge in [-0.15, -0.1) is 0 Å². The summed E-state index contributed by atoms with van der Waals surface area (Å²) in [5.41, 5.74) is 2.03. The summed E-state index contributed by atoms with van der Waals surface area (Å²) in [6, 6.07) is 12.3. The number of urea groups is 1. The van der Waals surface area contributed by atoms with Crippen LogP contribution in [0.4, 0.5) is 29.5 Å². The molecule has 2 amide bonds. The molecular formula is C25H24F3N5O. The van der Waals surface area contributed by atoms with E-state index in [-0.39, 0.29) is 12.1 Å². The van der Waals surface area contributed by atoms with E-state index in [0.29, 0.717) is 23.6 Å². The van der Waals surface area contributed by atoms with E-state index >= 15 is 0 Å². The molecule has 4 heterocycles. The number of amides is 2. The van der Waals surface area contributed by atoms with Crippen LogP contribution in [0.1, 0.15) is 24.0 Å². The number of rotatable bonds is 5. The molecule has 0 saturated carbocycles. The minimum atomic E-state index is -4.43. The number of pyridine rings is 2. The van der Waals surface area contributed by atoms with Crippen LogP contribution in [0.2, 0.25) is 0 Å². The van der Waals surface area contributed by atoms with Crippen molar-refractivity contribution in [1.29, 1.82) is 0 Å². The van der Waals surface area contributed by atoms with E-state index in [1.54, 1.807) is 29.4 Å². The monoisotopic (exact) mass is 467 g/mol. The third-order valence-electron chi connectivity index (χ3n) is 6.32. The Kier molecular flexibility index (Phi) is 5.85. The minimum absolute atomic E-state index is 0.0167. The number of carbonyl (C=O) groups is 1. The fourth-order valence-corrected chi connectivity index (χ4v) is 4.61.